The summed E-state index contributed by atoms with van der Waals surface area (Å²) in [4.78, 5) is 13.3. The van der Waals surface area contributed by atoms with Gasteiger partial charge in [0.1, 0.15) is 0 Å². The number of nitrogens with zero attached hydrogens (tertiary/aromatic N) is 1. The highest BCUT2D eigenvalue weighted by atomic mass is 35.5. The summed E-state index contributed by atoms with van der Waals surface area (Å²) >= 11 is 5.90. The average Bonchev–Trinajstić information content (AvgIpc) is 3.17. The summed E-state index contributed by atoms with van der Waals surface area (Å²) in [5.41, 5.74) is 0.372. The van der Waals surface area contributed by atoms with Crippen LogP contribution in [-0.4, -0.2) is 36.0 Å². The molecule has 0 heterocycles. The zero-order valence-corrected chi connectivity index (χ0v) is 11.5. The second-order valence-corrected chi connectivity index (χ2v) is 5.38. The Balaban J connectivity index is 1.92. The maximum Gasteiger partial charge on any atom is 0.401 e. The minimum atomic E-state index is -4.23. The Morgan fingerprint density at radius 2 is 1.95 bits per heavy atom. The monoisotopic (exact) mass is 305 g/mol. The van der Waals surface area contributed by atoms with Crippen LogP contribution in [0.5, 0.6) is 0 Å². The quantitative estimate of drug-likeness (QED) is 0.742. The van der Waals surface area contributed by atoms with Crippen LogP contribution in [0.15, 0.2) is 24.3 Å². The number of ketones is 1. The molecular formula is C14H15ClF3NO. The first-order chi connectivity index (χ1) is 9.37. The minimum absolute atomic E-state index is 0.0318. The van der Waals surface area contributed by atoms with E-state index in [4.69, 9.17) is 11.6 Å². The molecule has 1 aromatic rings. The van der Waals surface area contributed by atoms with Gasteiger partial charge in [-0.25, -0.2) is 0 Å². The van der Waals surface area contributed by atoms with E-state index >= 15 is 0 Å². The van der Waals surface area contributed by atoms with E-state index in [-0.39, 0.29) is 24.8 Å². The summed E-state index contributed by atoms with van der Waals surface area (Å²) in [7, 11) is 0. The number of alkyl halides is 3. The van der Waals surface area contributed by atoms with Crippen LogP contribution in [0, 0.1) is 0 Å². The van der Waals surface area contributed by atoms with Crippen LogP contribution in [0.2, 0.25) is 5.02 Å². The zero-order chi connectivity index (χ0) is 14.8. The summed E-state index contributed by atoms with van der Waals surface area (Å²) < 4.78 is 37.4. The molecular weight excluding hydrogens is 291 g/mol. The molecule has 0 unspecified atom stereocenters. The van der Waals surface area contributed by atoms with Crippen molar-refractivity contribution in [3.63, 3.8) is 0 Å². The predicted octanol–water partition coefficient (Wildman–Crippen LogP) is 3.94. The van der Waals surface area contributed by atoms with Crippen LogP contribution in [0.4, 0.5) is 13.2 Å². The van der Waals surface area contributed by atoms with E-state index in [1.54, 1.807) is 24.3 Å². The minimum Gasteiger partial charge on any atom is -0.294 e. The molecule has 2 nitrogen and oxygen atoms in total. The molecule has 20 heavy (non-hydrogen) atoms. The van der Waals surface area contributed by atoms with E-state index in [1.807, 2.05) is 0 Å². The third-order valence-corrected chi connectivity index (χ3v) is 3.58. The van der Waals surface area contributed by atoms with Crippen LogP contribution in [0.25, 0.3) is 0 Å². The molecule has 0 N–H and O–H groups in total. The highest BCUT2D eigenvalue weighted by Crippen LogP contribution is 2.30. The lowest BCUT2D eigenvalue weighted by Crippen LogP contribution is -2.37. The van der Waals surface area contributed by atoms with Crippen LogP contribution >= 0.6 is 11.6 Å². The van der Waals surface area contributed by atoms with Crippen molar-refractivity contribution in [3.05, 3.63) is 34.9 Å². The maximum absolute atomic E-state index is 12.5. The molecule has 2 rings (SSSR count). The molecule has 1 saturated carbocycles. The number of carbonyl (C=O) groups is 1. The van der Waals surface area contributed by atoms with Gasteiger partial charge in [-0.1, -0.05) is 23.7 Å². The fraction of sp³-hybridized carbons (Fsp3) is 0.500. The lowest BCUT2D eigenvalue weighted by Gasteiger charge is -2.22. The Labute approximate surface area is 120 Å². The third-order valence-electron chi connectivity index (χ3n) is 3.25. The number of Topliss-reactive ketones (excluding diaryl/α,β-unsaturated/α-hetero) is 1. The molecule has 0 spiro atoms. The molecule has 1 fully saturated rings. The number of benzene rings is 1. The van der Waals surface area contributed by atoms with E-state index in [1.165, 1.54) is 4.90 Å². The van der Waals surface area contributed by atoms with E-state index in [0.29, 0.717) is 10.6 Å². The first-order valence-corrected chi connectivity index (χ1v) is 6.83. The Kier molecular flexibility index (Phi) is 4.70. The van der Waals surface area contributed by atoms with Gasteiger partial charge in [0.15, 0.2) is 5.78 Å². The molecule has 6 heteroatoms. The molecule has 1 aliphatic carbocycles. The summed E-state index contributed by atoms with van der Waals surface area (Å²) in [6, 6.07) is 6.56. The van der Waals surface area contributed by atoms with Crippen LogP contribution < -0.4 is 0 Å². The highest BCUT2D eigenvalue weighted by molar-refractivity contribution is 6.33. The number of hydrogen-bond donors (Lipinski definition) is 0. The van der Waals surface area contributed by atoms with Crippen molar-refractivity contribution >= 4 is 17.4 Å². The van der Waals surface area contributed by atoms with E-state index in [2.05, 4.69) is 0 Å². The molecule has 0 aromatic heterocycles. The number of rotatable bonds is 6. The van der Waals surface area contributed by atoms with Crippen LogP contribution in [0.3, 0.4) is 0 Å². The number of hydrogen-bond acceptors (Lipinski definition) is 2. The largest absolute Gasteiger partial charge is 0.401 e. The smallest absolute Gasteiger partial charge is 0.294 e. The van der Waals surface area contributed by atoms with Crippen LogP contribution in [0.1, 0.15) is 29.6 Å². The molecule has 0 radical (unpaired) electrons. The van der Waals surface area contributed by atoms with Crippen molar-refractivity contribution in [2.75, 3.05) is 13.1 Å². The van der Waals surface area contributed by atoms with Crippen molar-refractivity contribution in [2.45, 2.75) is 31.5 Å². The Morgan fingerprint density at radius 1 is 1.30 bits per heavy atom. The molecule has 1 aliphatic rings. The van der Waals surface area contributed by atoms with Gasteiger partial charge in [-0.2, -0.15) is 13.2 Å². The molecule has 1 aromatic carbocycles. The normalized spacial score (nSPS) is 15.7. The van der Waals surface area contributed by atoms with Crippen molar-refractivity contribution in [3.8, 4) is 0 Å². The molecule has 0 aliphatic heterocycles. The van der Waals surface area contributed by atoms with Gasteiger partial charge in [-0.3, -0.25) is 9.69 Å². The summed E-state index contributed by atoms with van der Waals surface area (Å²) in [6.07, 6.45) is -2.63. The van der Waals surface area contributed by atoms with Gasteiger partial charge in [0.05, 0.1) is 11.6 Å². The Morgan fingerprint density at radius 3 is 2.50 bits per heavy atom. The molecule has 110 valence electrons. The fourth-order valence-corrected chi connectivity index (χ4v) is 2.37. The molecule has 0 saturated heterocycles. The van der Waals surface area contributed by atoms with Crippen molar-refractivity contribution < 1.29 is 18.0 Å². The first kappa shape index (κ1) is 15.3. The molecule has 0 atom stereocenters. The van der Waals surface area contributed by atoms with Gasteiger partial charge < -0.3 is 0 Å². The average molecular weight is 306 g/mol. The lowest BCUT2D eigenvalue weighted by molar-refractivity contribution is -0.147. The van der Waals surface area contributed by atoms with Gasteiger partial charge in [0, 0.05) is 24.6 Å². The van der Waals surface area contributed by atoms with Gasteiger partial charge in [-0.05, 0) is 25.0 Å². The number of halogens is 4. The van der Waals surface area contributed by atoms with Crippen molar-refractivity contribution in [1.82, 2.24) is 4.90 Å². The van der Waals surface area contributed by atoms with E-state index < -0.39 is 12.7 Å². The zero-order valence-electron chi connectivity index (χ0n) is 10.8. The van der Waals surface area contributed by atoms with Crippen molar-refractivity contribution in [2.24, 2.45) is 0 Å². The fourth-order valence-electron chi connectivity index (χ4n) is 2.13. The number of carbonyl (C=O) groups excluding carboxylic acids is 1. The summed E-state index contributed by atoms with van der Waals surface area (Å²) in [5, 5.41) is 0.339. The topological polar surface area (TPSA) is 20.3 Å². The van der Waals surface area contributed by atoms with Gasteiger partial charge in [-0.15, -0.1) is 0 Å². The predicted molar refractivity (Wildman–Crippen MR) is 71.0 cm³/mol. The molecule has 0 amide bonds. The van der Waals surface area contributed by atoms with Gasteiger partial charge in [0.25, 0.3) is 0 Å². The first-order valence-electron chi connectivity index (χ1n) is 6.45. The third kappa shape index (κ3) is 4.49. The SMILES string of the molecule is O=C(CCN(CC(F)(F)F)C1CC1)c1ccccc1Cl. The van der Waals surface area contributed by atoms with Gasteiger partial charge in [0.2, 0.25) is 0 Å². The Bertz CT molecular complexity index is 486. The van der Waals surface area contributed by atoms with Crippen molar-refractivity contribution in [1.29, 1.82) is 0 Å². The van der Waals surface area contributed by atoms with Crippen LogP contribution in [-0.2, 0) is 0 Å². The second-order valence-electron chi connectivity index (χ2n) is 4.97. The second kappa shape index (κ2) is 6.14. The van der Waals surface area contributed by atoms with Gasteiger partial charge >= 0.3 is 6.18 Å². The lowest BCUT2D eigenvalue weighted by atomic mass is 10.1. The highest BCUT2D eigenvalue weighted by Gasteiger charge is 2.37. The van der Waals surface area contributed by atoms with E-state index in [9.17, 15) is 18.0 Å². The maximum atomic E-state index is 12.5. The summed E-state index contributed by atoms with van der Waals surface area (Å²) in [5.74, 6) is -0.219. The standard InChI is InChI=1S/C14H15ClF3NO/c15-12-4-2-1-3-11(12)13(20)7-8-19(10-5-6-10)9-14(16,17)18/h1-4,10H,5-9H2. The molecule has 0 bridgehead atoms. The Hall–Kier alpha value is -1.07. The van der Waals surface area contributed by atoms with E-state index in [0.717, 1.165) is 12.8 Å². The summed E-state index contributed by atoms with van der Waals surface area (Å²) in [6.45, 7) is -0.832.